The average Bonchev–Trinajstić information content (AvgIpc) is 3.54. The van der Waals surface area contributed by atoms with Crippen molar-refractivity contribution < 1.29 is 19.2 Å². The molecule has 0 aliphatic carbocycles. The first-order valence-corrected chi connectivity index (χ1v) is 12.1. The highest BCUT2D eigenvalue weighted by Gasteiger charge is 2.31. The summed E-state index contributed by atoms with van der Waals surface area (Å²) in [7, 11) is 1.51. The van der Waals surface area contributed by atoms with Crippen molar-refractivity contribution in [3.63, 3.8) is 0 Å². The van der Waals surface area contributed by atoms with Gasteiger partial charge in [0.25, 0.3) is 11.5 Å². The Morgan fingerprint density at radius 3 is 2.76 bits per heavy atom. The topological polar surface area (TPSA) is 137 Å². The van der Waals surface area contributed by atoms with Gasteiger partial charge in [0.15, 0.2) is 5.69 Å². The van der Waals surface area contributed by atoms with Gasteiger partial charge in [-0.1, -0.05) is 41.9 Å². The molecule has 4 heterocycles. The van der Waals surface area contributed by atoms with Crippen LogP contribution in [-0.4, -0.2) is 48.7 Å². The van der Waals surface area contributed by atoms with Crippen molar-refractivity contribution in [1.82, 2.24) is 24.5 Å². The minimum absolute atomic E-state index is 0.264. The molecule has 5 rings (SSSR count). The molecule has 3 aromatic heterocycles. The molecule has 1 aromatic carbocycles. The summed E-state index contributed by atoms with van der Waals surface area (Å²) in [6, 6.07) is 7.44. The number of carbonyl (C=O) groups excluding carboxylic acids is 1. The number of amides is 1. The zero-order valence-electron chi connectivity index (χ0n) is 20.2. The second-order valence-electron chi connectivity index (χ2n) is 9.09. The molecule has 2 N–H and O–H groups in total. The number of nitrogens with zero attached hydrogens (tertiary/aromatic N) is 5. The van der Waals surface area contributed by atoms with E-state index in [1.807, 2.05) is 36.0 Å². The standard InChI is InChI=1S/C25H25ClN6O5/c1-14(23-30-21(22(33)25(35)31(23)2)24(34)29-17-8-28-37-13-17)20(18-5-3-4-6-19(18)26)16-7-27-32(10-16)9-15-11-36-12-15/h3-8,10,13-15,20,33H,9,11-12H2,1-2H3,(H,29,34). The summed E-state index contributed by atoms with van der Waals surface area (Å²) in [6.07, 6.45) is 6.25. The van der Waals surface area contributed by atoms with E-state index in [-0.39, 0.29) is 11.6 Å². The lowest BCUT2D eigenvalue weighted by atomic mass is 9.82. The molecular formula is C25H25ClN6O5. The first kappa shape index (κ1) is 24.7. The fourth-order valence-electron chi connectivity index (χ4n) is 4.54. The number of carbonyl (C=O) groups is 1. The smallest absolute Gasteiger partial charge is 0.296 e. The van der Waals surface area contributed by atoms with Crippen LogP contribution in [0.1, 0.15) is 46.2 Å². The molecule has 2 atom stereocenters. The summed E-state index contributed by atoms with van der Waals surface area (Å²) in [4.78, 5) is 30.3. The van der Waals surface area contributed by atoms with Crippen molar-refractivity contribution in [2.24, 2.45) is 13.0 Å². The molecule has 192 valence electrons. The van der Waals surface area contributed by atoms with Crippen LogP contribution in [0.3, 0.4) is 0 Å². The maximum atomic E-state index is 13.0. The van der Waals surface area contributed by atoms with Gasteiger partial charge in [-0.05, 0) is 17.2 Å². The first-order chi connectivity index (χ1) is 17.8. The number of nitrogens with one attached hydrogen (secondary N) is 1. The molecule has 4 aromatic rings. The van der Waals surface area contributed by atoms with Gasteiger partial charge in [-0.3, -0.25) is 18.8 Å². The predicted octanol–water partition coefficient (Wildman–Crippen LogP) is 3.16. The zero-order chi connectivity index (χ0) is 26.1. The Kier molecular flexibility index (Phi) is 6.81. The molecule has 1 aliphatic rings. The summed E-state index contributed by atoms with van der Waals surface area (Å²) in [5, 5.41) is 21.6. The van der Waals surface area contributed by atoms with E-state index in [4.69, 9.17) is 20.9 Å². The SMILES string of the molecule is CC(c1nc(C(=O)Nc2cnoc2)c(O)c(=O)n1C)C(c1cnn(CC2COC2)c1)c1ccccc1Cl. The highest BCUT2D eigenvalue weighted by molar-refractivity contribution is 6.31. The van der Waals surface area contributed by atoms with Gasteiger partial charge in [0, 0.05) is 42.6 Å². The summed E-state index contributed by atoms with van der Waals surface area (Å²) < 4.78 is 13.1. The summed E-state index contributed by atoms with van der Waals surface area (Å²) in [5.41, 5.74) is 0.815. The lowest BCUT2D eigenvalue weighted by Crippen LogP contribution is -2.31. The van der Waals surface area contributed by atoms with Gasteiger partial charge in [-0.15, -0.1) is 0 Å². The minimum atomic E-state index is -0.767. The maximum absolute atomic E-state index is 13.0. The second-order valence-corrected chi connectivity index (χ2v) is 9.49. The number of halogens is 1. The maximum Gasteiger partial charge on any atom is 0.296 e. The average molecular weight is 525 g/mol. The fourth-order valence-corrected chi connectivity index (χ4v) is 4.79. The number of hydrogen-bond acceptors (Lipinski definition) is 8. The van der Waals surface area contributed by atoms with Crippen LogP contribution in [0.15, 0.2) is 58.4 Å². The van der Waals surface area contributed by atoms with Crippen molar-refractivity contribution in [3.8, 4) is 5.75 Å². The number of aromatic hydroxyl groups is 1. The predicted molar refractivity (Wildman–Crippen MR) is 134 cm³/mol. The third kappa shape index (κ3) is 4.87. The normalized spacial score (nSPS) is 15.2. The van der Waals surface area contributed by atoms with Crippen molar-refractivity contribution in [3.05, 3.63) is 87.1 Å². The van der Waals surface area contributed by atoms with Gasteiger partial charge in [-0.2, -0.15) is 5.10 Å². The largest absolute Gasteiger partial charge is 0.501 e. The number of benzene rings is 1. The van der Waals surface area contributed by atoms with Gasteiger partial charge in [0.2, 0.25) is 5.75 Å². The van der Waals surface area contributed by atoms with E-state index in [1.54, 1.807) is 12.3 Å². The van der Waals surface area contributed by atoms with Crippen molar-refractivity contribution >= 4 is 23.2 Å². The third-order valence-corrected chi connectivity index (χ3v) is 6.86. The fraction of sp³-hybridized carbons (Fsp3) is 0.320. The molecule has 1 amide bonds. The Morgan fingerprint density at radius 1 is 1.30 bits per heavy atom. The number of hydrogen-bond donors (Lipinski definition) is 2. The van der Waals surface area contributed by atoms with E-state index in [0.717, 1.165) is 17.7 Å². The van der Waals surface area contributed by atoms with Crippen LogP contribution in [0.4, 0.5) is 5.69 Å². The Hall–Kier alpha value is -3.96. The van der Waals surface area contributed by atoms with E-state index >= 15 is 0 Å². The zero-order valence-corrected chi connectivity index (χ0v) is 20.9. The van der Waals surface area contributed by atoms with Crippen molar-refractivity contribution in [2.75, 3.05) is 18.5 Å². The monoisotopic (exact) mass is 524 g/mol. The first-order valence-electron chi connectivity index (χ1n) is 11.7. The molecule has 1 saturated heterocycles. The third-order valence-electron chi connectivity index (χ3n) is 6.52. The summed E-state index contributed by atoms with van der Waals surface area (Å²) in [5.74, 6) is -1.60. The van der Waals surface area contributed by atoms with Crippen LogP contribution >= 0.6 is 11.6 Å². The van der Waals surface area contributed by atoms with Crippen molar-refractivity contribution in [2.45, 2.75) is 25.3 Å². The van der Waals surface area contributed by atoms with Crippen LogP contribution in [0.5, 0.6) is 5.75 Å². The molecule has 2 unspecified atom stereocenters. The Balaban J connectivity index is 1.56. The Bertz CT molecular complexity index is 1480. The van der Waals surface area contributed by atoms with Crippen LogP contribution in [0, 0.1) is 5.92 Å². The van der Waals surface area contributed by atoms with Crippen molar-refractivity contribution in [1.29, 1.82) is 0 Å². The molecule has 12 heteroatoms. The highest BCUT2D eigenvalue weighted by atomic mass is 35.5. The summed E-state index contributed by atoms with van der Waals surface area (Å²) >= 11 is 6.63. The molecule has 37 heavy (non-hydrogen) atoms. The summed E-state index contributed by atoms with van der Waals surface area (Å²) in [6.45, 7) is 4.04. The molecule has 1 aliphatic heterocycles. The van der Waals surface area contributed by atoms with Gasteiger partial charge < -0.3 is 19.7 Å². The lowest BCUT2D eigenvalue weighted by Gasteiger charge is -2.26. The number of aromatic nitrogens is 5. The number of ether oxygens (including phenoxy) is 1. The van der Waals surface area contributed by atoms with Gasteiger partial charge in [0.05, 0.1) is 25.6 Å². The van der Waals surface area contributed by atoms with Crippen LogP contribution in [0.25, 0.3) is 0 Å². The highest BCUT2D eigenvalue weighted by Crippen LogP contribution is 2.40. The van der Waals surface area contributed by atoms with E-state index in [9.17, 15) is 14.7 Å². The quantitative estimate of drug-likeness (QED) is 0.358. The molecular weight excluding hydrogens is 500 g/mol. The Labute approximate surface area is 216 Å². The van der Waals surface area contributed by atoms with E-state index in [0.29, 0.717) is 30.0 Å². The molecule has 0 saturated carbocycles. The molecule has 0 radical (unpaired) electrons. The van der Waals surface area contributed by atoms with E-state index < -0.39 is 28.8 Å². The van der Waals surface area contributed by atoms with E-state index in [1.165, 1.54) is 24.1 Å². The van der Waals surface area contributed by atoms with Gasteiger partial charge >= 0.3 is 0 Å². The Morgan fingerprint density at radius 2 is 2.08 bits per heavy atom. The van der Waals surface area contributed by atoms with Gasteiger partial charge in [0.1, 0.15) is 17.8 Å². The van der Waals surface area contributed by atoms with Gasteiger partial charge in [-0.25, -0.2) is 4.98 Å². The molecule has 0 spiro atoms. The number of anilines is 1. The molecule has 11 nitrogen and oxygen atoms in total. The van der Waals surface area contributed by atoms with Crippen LogP contribution in [0.2, 0.25) is 5.02 Å². The van der Waals surface area contributed by atoms with Crippen LogP contribution < -0.4 is 10.9 Å². The molecule has 0 bridgehead atoms. The van der Waals surface area contributed by atoms with E-state index in [2.05, 4.69) is 20.6 Å². The number of rotatable bonds is 8. The minimum Gasteiger partial charge on any atom is -0.501 e. The van der Waals surface area contributed by atoms with Crippen LogP contribution in [-0.2, 0) is 18.3 Å². The molecule has 1 fully saturated rings. The second kappa shape index (κ2) is 10.2. The lowest BCUT2D eigenvalue weighted by molar-refractivity contribution is -0.0408.